The molecule has 1 unspecified atom stereocenters. The Kier molecular flexibility index (Phi) is 7.86. The van der Waals surface area contributed by atoms with Crippen LogP contribution >= 0.6 is 35.0 Å². The third-order valence-electron chi connectivity index (χ3n) is 5.55. The fourth-order valence-electron chi connectivity index (χ4n) is 3.68. The second kappa shape index (κ2) is 11.0. The number of nitrogens with one attached hydrogen (secondary N) is 1. The summed E-state index contributed by atoms with van der Waals surface area (Å²) in [7, 11) is 0. The highest BCUT2D eigenvalue weighted by Gasteiger charge is 2.41. The second-order valence-corrected chi connectivity index (χ2v) is 9.75. The van der Waals surface area contributed by atoms with Gasteiger partial charge in [0.15, 0.2) is 0 Å². The van der Waals surface area contributed by atoms with Gasteiger partial charge in [-0.15, -0.1) is 0 Å². The van der Waals surface area contributed by atoms with Gasteiger partial charge in [0.25, 0.3) is 5.91 Å². The average Bonchev–Trinajstić information content (AvgIpc) is 3.49. The van der Waals surface area contributed by atoms with E-state index in [0.29, 0.717) is 33.5 Å². The van der Waals surface area contributed by atoms with Crippen LogP contribution in [-0.4, -0.2) is 17.1 Å². The number of aryl methyl sites for hydroxylation is 1. The van der Waals surface area contributed by atoms with E-state index in [1.807, 2.05) is 43.3 Å². The number of anilines is 1. The lowest BCUT2D eigenvalue weighted by Crippen LogP contribution is -2.32. The lowest BCUT2D eigenvalue weighted by molar-refractivity contribution is -0.117. The van der Waals surface area contributed by atoms with E-state index in [-0.39, 0.29) is 23.1 Å². The Balaban J connectivity index is 1.70. The van der Waals surface area contributed by atoms with Gasteiger partial charge in [-0.25, -0.2) is 0 Å². The Bertz CT molecular complexity index is 1310. The van der Waals surface area contributed by atoms with Gasteiger partial charge in [-0.05, 0) is 54.3 Å². The monoisotopic (exact) mass is 525 g/mol. The van der Waals surface area contributed by atoms with Crippen molar-refractivity contribution in [3.8, 4) is 6.07 Å². The van der Waals surface area contributed by atoms with Crippen molar-refractivity contribution >= 4 is 52.5 Å². The molecule has 1 aromatic heterocycles. The molecule has 1 atom stereocenters. The second-order valence-electron chi connectivity index (χ2n) is 7.77. The first-order valence-electron chi connectivity index (χ1n) is 10.9. The van der Waals surface area contributed by atoms with Crippen LogP contribution in [0.5, 0.6) is 0 Å². The van der Waals surface area contributed by atoms with Crippen molar-refractivity contribution in [2.75, 3.05) is 4.90 Å². The van der Waals surface area contributed by atoms with Crippen molar-refractivity contribution in [1.82, 2.24) is 5.32 Å². The van der Waals surface area contributed by atoms with Crippen molar-refractivity contribution in [2.45, 2.75) is 31.6 Å². The van der Waals surface area contributed by atoms with E-state index in [4.69, 9.17) is 27.6 Å². The molecule has 1 fully saturated rings. The van der Waals surface area contributed by atoms with Gasteiger partial charge >= 0.3 is 0 Å². The van der Waals surface area contributed by atoms with Crippen molar-refractivity contribution in [1.29, 1.82) is 5.26 Å². The zero-order chi connectivity index (χ0) is 24.9. The molecule has 0 radical (unpaired) electrons. The number of carbonyl (C=O) groups excluding carboxylic acids is 2. The Morgan fingerprint density at radius 1 is 1.17 bits per heavy atom. The number of hydrogen-bond acceptors (Lipinski definition) is 5. The summed E-state index contributed by atoms with van der Waals surface area (Å²) in [5.74, 6) is -0.274. The van der Waals surface area contributed by atoms with Gasteiger partial charge in [0.05, 0.1) is 28.1 Å². The number of nitriles is 1. The molecule has 3 aromatic rings. The van der Waals surface area contributed by atoms with Crippen LogP contribution in [0.2, 0.25) is 10.0 Å². The molecule has 1 aliphatic heterocycles. The summed E-state index contributed by atoms with van der Waals surface area (Å²) in [6.07, 6.45) is 2.65. The molecule has 1 N–H and O–H groups in total. The van der Waals surface area contributed by atoms with Crippen LogP contribution in [0.25, 0.3) is 0 Å². The van der Waals surface area contributed by atoms with Gasteiger partial charge < -0.3 is 9.73 Å². The summed E-state index contributed by atoms with van der Waals surface area (Å²) < 4.78 is 5.25. The maximum Gasteiger partial charge on any atom is 0.265 e. The largest absolute Gasteiger partial charge is 0.467 e. The first-order valence-corrected chi connectivity index (χ1v) is 12.5. The molecule has 9 heteroatoms. The van der Waals surface area contributed by atoms with Crippen LogP contribution in [0, 0.1) is 11.3 Å². The van der Waals surface area contributed by atoms with Crippen LogP contribution in [-0.2, 0) is 29.0 Å². The predicted octanol–water partition coefficient (Wildman–Crippen LogP) is 5.89. The molecule has 1 saturated heterocycles. The Morgan fingerprint density at radius 2 is 1.94 bits per heavy atom. The topological polar surface area (TPSA) is 86.3 Å². The van der Waals surface area contributed by atoms with E-state index in [0.717, 1.165) is 12.0 Å². The van der Waals surface area contributed by atoms with E-state index in [9.17, 15) is 14.9 Å². The molecule has 2 heterocycles. The van der Waals surface area contributed by atoms with Crippen molar-refractivity contribution in [2.24, 2.45) is 0 Å². The summed E-state index contributed by atoms with van der Waals surface area (Å²) in [5, 5.41) is 13.1. The molecule has 6 nitrogen and oxygen atoms in total. The van der Waals surface area contributed by atoms with Crippen LogP contribution in [0.1, 0.15) is 23.8 Å². The predicted molar refractivity (Wildman–Crippen MR) is 138 cm³/mol. The van der Waals surface area contributed by atoms with Gasteiger partial charge in [-0.1, -0.05) is 66.2 Å². The van der Waals surface area contributed by atoms with E-state index in [2.05, 4.69) is 5.32 Å². The minimum atomic E-state index is -0.590. The minimum Gasteiger partial charge on any atom is -0.467 e. The number of thioether (sulfide) groups is 1. The third-order valence-corrected chi connectivity index (χ3v) is 7.67. The van der Waals surface area contributed by atoms with Crippen LogP contribution in [0.15, 0.2) is 75.9 Å². The molecule has 2 aromatic carbocycles. The van der Waals surface area contributed by atoms with Gasteiger partial charge in [-0.2, -0.15) is 5.26 Å². The molecule has 0 spiro atoms. The molecule has 178 valence electrons. The summed E-state index contributed by atoms with van der Waals surface area (Å²) in [6.45, 7) is 2.16. The van der Waals surface area contributed by atoms with Crippen LogP contribution in [0.4, 0.5) is 5.69 Å². The van der Waals surface area contributed by atoms with Crippen molar-refractivity contribution < 1.29 is 14.0 Å². The van der Waals surface area contributed by atoms with Gasteiger partial charge in [0.1, 0.15) is 22.4 Å². The van der Waals surface area contributed by atoms with Crippen molar-refractivity contribution in [3.63, 3.8) is 0 Å². The standard InChI is InChI=1S/C26H21Cl2N3O3S/c1-2-16-8-10-18(11-9-16)31-25(33)22(13-17-5-3-7-21(27)23(17)28)35-26(31)20(14-29)24(32)30-15-19-6-4-12-34-19/h3-12,22H,2,13,15H2,1H3,(H,30,32)/b26-20-. The van der Waals surface area contributed by atoms with Crippen LogP contribution in [0.3, 0.4) is 0 Å². The molecule has 1 aliphatic rings. The van der Waals surface area contributed by atoms with Crippen molar-refractivity contribution in [3.05, 3.63) is 98.4 Å². The highest BCUT2D eigenvalue weighted by Crippen LogP contribution is 2.43. The van der Waals surface area contributed by atoms with E-state index in [1.54, 1.807) is 24.3 Å². The average molecular weight is 526 g/mol. The van der Waals surface area contributed by atoms with Gasteiger partial charge in [-0.3, -0.25) is 14.5 Å². The lowest BCUT2D eigenvalue weighted by atomic mass is 10.1. The lowest BCUT2D eigenvalue weighted by Gasteiger charge is -2.19. The number of rotatable bonds is 7. The minimum absolute atomic E-state index is 0.121. The summed E-state index contributed by atoms with van der Waals surface area (Å²) >= 11 is 13.7. The number of furan rings is 1. The quantitative estimate of drug-likeness (QED) is 0.307. The molecule has 0 aliphatic carbocycles. The smallest absolute Gasteiger partial charge is 0.265 e. The first kappa shape index (κ1) is 24.9. The maximum absolute atomic E-state index is 13.6. The highest BCUT2D eigenvalue weighted by molar-refractivity contribution is 8.05. The SMILES string of the molecule is CCc1ccc(N2C(=O)C(Cc3cccc(Cl)c3Cl)S/C2=C(/C#N)C(=O)NCc2ccco2)cc1. The maximum atomic E-state index is 13.6. The number of nitrogens with zero attached hydrogens (tertiary/aromatic N) is 2. The molecular formula is C26H21Cl2N3O3S. The molecule has 35 heavy (non-hydrogen) atoms. The number of amides is 2. The van der Waals surface area contributed by atoms with Gasteiger partial charge in [0, 0.05) is 5.69 Å². The fraction of sp³-hybridized carbons (Fsp3) is 0.192. The number of hydrogen-bond donors (Lipinski definition) is 1. The summed E-state index contributed by atoms with van der Waals surface area (Å²) in [5.41, 5.74) is 2.26. The Hall–Kier alpha value is -3.18. The molecule has 4 rings (SSSR count). The normalized spacial score (nSPS) is 16.8. The van der Waals surface area contributed by atoms with Gasteiger partial charge in [0.2, 0.25) is 5.91 Å². The molecule has 2 amide bonds. The molecule has 0 bridgehead atoms. The molecular weight excluding hydrogens is 505 g/mol. The Morgan fingerprint density at radius 3 is 2.60 bits per heavy atom. The van der Waals surface area contributed by atoms with E-state index >= 15 is 0 Å². The Labute approximate surface area is 217 Å². The zero-order valence-electron chi connectivity index (χ0n) is 18.8. The zero-order valence-corrected chi connectivity index (χ0v) is 21.1. The summed E-state index contributed by atoms with van der Waals surface area (Å²) in [6, 6.07) is 18.2. The fourth-order valence-corrected chi connectivity index (χ4v) is 5.37. The first-order chi connectivity index (χ1) is 16.9. The van der Waals surface area contributed by atoms with E-state index in [1.165, 1.54) is 22.9 Å². The molecule has 0 saturated carbocycles. The van der Waals surface area contributed by atoms with E-state index < -0.39 is 11.2 Å². The number of carbonyl (C=O) groups is 2. The summed E-state index contributed by atoms with van der Waals surface area (Å²) in [4.78, 5) is 28.0. The highest BCUT2D eigenvalue weighted by atomic mass is 35.5. The number of benzene rings is 2. The third kappa shape index (κ3) is 5.40. The number of halogens is 2. The van der Waals surface area contributed by atoms with Crippen LogP contribution < -0.4 is 10.2 Å².